The summed E-state index contributed by atoms with van der Waals surface area (Å²) < 4.78 is 27.0. The first-order valence-electron chi connectivity index (χ1n) is 6.21. The number of nitrogens with one attached hydrogen (secondary N) is 1. The summed E-state index contributed by atoms with van der Waals surface area (Å²) >= 11 is 0. The van der Waals surface area contributed by atoms with Crippen molar-refractivity contribution in [2.24, 2.45) is 5.41 Å². The minimum atomic E-state index is -3.83. The fraction of sp³-hybridized carbons (Fsp3) is 0.462. The molecule has 0 aromatic heterocycles. The number of nitro benzene ring substituents is 1. The Bertz CT molecular complexity index is 654. The van der Waals surface area contributed by atoms with Crippen LogP contribution in [0.25, 0.3) is 0 Å². The number of hydrogen-bond acceptors (Lipinski definition) is 5. The van der Waals surface area contributed by atoms with Gasteiger partial charge in [-0.25, -0.2) is 13.1 Å². The van der Waals surface area contributed by atoms with E-state index in [1.54, 1.807) is 0 Å². The van der Waals surface area contributed by atoms with Crippen LogP contribution in [0, 0.1) is 26.9 Å². The van der Waals surface area contributed by atoms with Crippen molar-refractivity contribution in [1.29, 1.82) is 5.26 Å². The van der Waals surface area contributed by atoms with E-state index in [-0.39, 0.29) is 17.0 Å². The van der Waals surface area contributed by atoms with Crippen LogP contribution >= 0.6 is 0 Å². The lowest BCUT2D eigenvalue weighted by Crippen LogP contribution is -2.43. The van der Waals surface area contributed by atoms with Gasteiger partial charge in [0.15, 0.2) is 0 Å². The Kier molecular flexibility index (Phi) is 5.04. The monoisotopic (exact) mass is 311 g/mol. The zero-order valence-corrected chi connectivity index (χ0v) is 12.8. The number of benzene rings is 1. The van der Waals surface area contributed by atoms with Crippen LogP contribution in [0.5, 0.6) is 0 Å². The summed E-state index contributed by atoms with van der Waals surface area (Å²) in [4.78, 5) is 9.89. The number of hydrogen-bond donors (Lipinski definition) is 1. The van der Waals surface area contributed by atoms with Crippen molar-refractivity contribution < 1.29 is 13.3 Å². The Labute approximate surface area is 123 Å². The minimum Gasteiger partial charge on any atom is -0.258 e. The maximum Gasteiger partial charge on any atom is 0.269 e. The van der Waals surface area contributed by atoms with Gasteiger partial charge in [-0.3, -0.25) is 10.1 Å². The van der Waals surface area contributed by atoms with Crippen LogP contribution in [0.15, 0.2) is 29.2 Å². The molecule has 0 fully saturated rings. The highest BCUT2D eigenvalue weighted by molar-refractivity contribution is 7.89. The summed E-state index contributed by atoms with van der Waals surface area (Å²) in [6.45, 7) is 5.48. The summed E-state index contributed by atoms with van der Waals surface area (Å²) in [5, 5.41) is 19.4. The highest BCUT2D eigenvalue weighted by Crippen LogP contribution is 2.24. The average Bonchev–Trinajstić information content (AvgIpc) is 2.37. The van der Waals surface area contributed by atoms with E-state index in [4.69, 9.17) is 5.26 Å². The molecule has 0 heterocycles. The van der Waals surface area contributed by atoms with Gasteiger partial charge in [0.1, 0.15) is 0 Å². The van der Waals surface area contributed by atoms with Gasteiger partial charge < -0.3 is 0 Å². The molecular weight excluding hydrogens is 294 g/mol. The van der Waals surface area contributed by atoms with Gasteiger partial charge in [-0.05, 0) is 17.5 Å². The minimum absolute atomic E-state index is 0.0374. The molecule has 0 spiro atoms. The predicted molar refractivity (Wildman–Crippen MR) is 76.9 cm³/mol. The van der Waals surface area contributed by atoms with Gasteiger partial charge in [-0.15, -0.1) is 0 Å². The van der Waals surface area contributed by atoms with Crippen LogP contribution in [0.4, 0.5) is 5.69 Å². The van der Waals surface area contributed by atoms with Crippen molar-refractivity contribution in [3.05, 3.63) is 34.4 Å². The third kappa shape index (κ3) is 4.51. The van der Waals surface area contributed by atoms with Crippen molar-refractivity contribution >= 4 is 15.7 Å². The van der Waals surface area contributed by atoms with Gasteiger partial charge in [0.25, 0.3) is 5.69 Å². The Hall–Kier alpha value is -1.98. The molecule has 1 atom stereocenters. The Balaban J connectivity index is 3.05. The van der Waals surface area contributed by atoms with Gasteiger partial charge in [-0.2, -0.15) is 5.26 Å². The summed E-state index contributed by atoms with van der Waals surface area (Å²) in [6.07, 6.45) is 0.0374. The molecule has 0 amide bonds. The number of nitrogens with zero attached hydrogens (tertiary/aromatic N) is 2. The second-order valence-electron chi connectivity index (χ2n) is 5.65. The van der Waals surface area contributed by atoms with Crippen molar-refractivity contribution in [2.75, 3.05) is 0 Å². The highest BCUT2D eigenvalue weighted by Gasteiger charge is 2.29. The second-order valence-corrected chi connectivity index (χ2v) is 7.37. The lowest BCUT2D eigenvalue weighted by atomic mass is 9.86. The molecule has 114 valence electrons. The van der Waals surface area contributed by atoms with Gasteiger partial charge in [0.05, 0.1) is 22.3 Å². The molecule has 1 aromatic carbocycles. The average molecular weight is 311 g/mol. The molecule has 21 heavy (non-hydrogen) atoms. The largest absolute Gasteiger partial charge is 0.269 e. The zero-order chi connectivity index (χ0) is 16.3. The van der Waals surface area contributed by atoms with Crippen molar-refractivity contribution in [3.63, 3.8) is 0 Å². The lowest BCUT2D eigenvalue weighted by Gasteiger charge is -2.29. The first-order chi connectivity index (χ1) is 9.58. The van der Waals surface area contributed by atoms with Crippen molar-refractivity contribution in [2.45, 2.75) is 38.1 Å². The van der Waals surface area contributed by atoms with Crippen molar-refractivity contribution in [1.82, 2.24) is 4.72 Å². The molecule has 0 unspecified atom stereocenters. The number of sulfonamides is 1. The second kappa shape index (κ2) is 6.20. The summed E-state index contributed by atoms with van der Waals surface area (Å²) in [5.41, 5.74) is -0.609. The van der Waals surface area contributed by atoms with E-state index in [0.29, 0.717) is 0 Å². The predicted octanol–water partition coefficient (Wildman–Crippen LogP) is 2.20. The molecule has 1 rings (SSSR count). The van der Waals surface area contributed by atoms with Crippen LogP contribution in [0.1, 0.15) is 27.2 Å². The fourth-order valence-corrected chi connectivity index (χ4v) is 3.06. The van der Waals surface area contributed by atoms with E-state index in [1.807, 2.05) is 26.8 Å². The SMILES string of the molecule is CC(C)(C)[C@@H](CC#N)NS(=O)(=O)c1ccc([N+](=O)[O-])cc1. The molecule has 0 radical (unpaired) electrons. The van der Waals surface area contributed by atoms with E-state index in [2.05, 4.69) is 4.72 Å². The molecule has 1 N–H and O–H groups in total. The van der Waals surface area contributed by atoms with Crippen LogP contribution in [-0.2, 0) is 10.0 Å². The molecule has 1 aromatic rings. The molecule has 8 heteroatoms. The van der Waals surface area contributed by atoms with Gasteiger partial charge in [0.2, 0.25) is 10.0 Å². The highest BCUT2D eigenvalue weighted by atomic mass is 32.2. The maximum atomic E-state index is 12.3. The summed E-state index contributed by atoms with van der Waals surface area (Å²) in [6, 6.07) is 6.01. The number of non-ortho nitro benzene ring substituents is 1. The van der Waals surface area contributed by atoms with E-state index in [1.165, 1.54) is 12.1 Å². The van der Waals surface area contributed by atoms with Crippen LogP contribution < -0.4 is 4.72 Å². The number of nitriles is 1. The Morgan fingerprint density at radius 1 is 1.33 bits per heavy atom. The molecule has 0 aliphatic carbocycles. The molecular formula is C13H17N3O4S. The number of nitro groups is 1. The Morgan fingerprint density at radius 2 is 1.86 bits per heavy atom. The van der Waals surface area contributed by atoms with Crippen molar-refractivity contribution in [3.8, 4) is 6.07 Å². The first kappa shape index (κ1) is 17.1. The molecule has 0 saturated heterocycles. The fourth-order valence-electron chi connectivity index (χ4n) is 1.62. The number of rotatable bonds is 5. The van der Waals surface area contributed by atoms with E-state index in [0.717, 1.165) is 12.1 Å². The Morgan fingerprint density at radius 3 is 2.24 bits per heavy atom. The summed E-state index contributed by atoms with van der Waals surface area (Å²) in [7, 11) is -3.83. The maximum absolute atomic E-state index is 12.3. The molecule has 7 nitrogen and oxygen atoms in total. The third-order valence-corrected chi connectivity index (χ3v) is 4.48. The molecule has 0 bridgehead atoms. The molecule has 0 aliphatic rings. The zero-order valence-electron chi connectivity index (χ0n) is 12.0. The lowest BCUT2D eigenvalue weighted by molar-refractivity contribution is -0.384. The smallest absolute Gasteiger partial charge is 0.258 e. The van der Waals surface area contributed by atoms with E-state index < -0.39 is 26.4 Å². The first-order valence-corrected chi connectivity index (χ1v) is 7.70. The standard InChI is InChI=1S/C13H17N3O4S/c1-13(2,3)12(8-9-14)15-21(19,20)11-6-4-10(5-7-11)16(17)18/h4-7,12,15H,8H2,1-3H3/t12-/m1/s1. The topological polar surface area (TPSA) is 113 Å². The van der Waals surface area contributed by atoms with Crippen LogP contribution in [0.3, 0.4) is 0 Å². The van der Waals surface area contributed by atoms with Gasteiger partial charge >= 0.3 is 0 Å². The van der Waals surface area contributed by atoms with Crippen LogP contribution in [0.2, 0.25) is 0 Å². The van der Waals surface area contributed by atoms with Gasteiger partial charge in [0, 0.05) is 18.2 Å². The normalized spacial score (nSPS) is 13.4. The van der Waals surface area contributed by atoms with Gasteiger partial charge in [-0.1, -0.05) is 20.8 Å². The van der Waals surface area contributed by atoms with E-state index >= 15 is 0 Å². The van der Waals surface area contributed by atoms with E-state index in [9.17, 15) is 18.5 Å². The quantitative estimate of drug-likeness (QED) is 0.661. The third-order valence-electron chi connectivity index (χ3n) is 3.00. The summed E-state index contributed by atoms with van der Waals surface area (Å²) in [5.74, 6) is 0. The molecule has 0 aliphatic heterocycles. The molecule has 0 saturated carbocycles. The van der Waals surface area contributed by atoms with Crippen LogP contribution in [-0.4, -0.2) is 19.4 Å².